The van der Waals surface area contributed by atoms with Crippen LogP contribution in [-0.4, -0.2) is 47.3 Å². The highest BCUT2D eigenvalue weighted by Gasteiger charge is 2.35. The van der Waals surface area contributed by atoms with Crippen LogP contribution in [-0.2, 0) is 16.0 Å². The van der Waals surface area contributed by atoms with Crippen LogP contribution in [0.2, 0.25) is 0 Å². The van der Waals surface area contributed by atoms with Gasteiger partial charge in [0.1, 0.15) is 11.6 Å². The van der Waals surface area contributed by atoms with Crippen molar-refractivity contribution in [1.82, 2.24) is 14.7 Å². The van der Waals surface area contributed by atoms with Gasteiger partial charge in [-0.15, -0.1) is 0 Å². The van der Waals surface area contributed by atoms with E-state index >= 15 is 0 Å². The molecule has 2 heterocycles. The Morgan fingerprint density at radius 2 is 1.59 bits per heavy atom. The van der Waals surface area contributed by atoms with E-state index in [1.165, 1.54) is 0 Å². The van der Waals surface area contributed by atoms with Crippen LogP contribution in [0, 0.1) is 11.3 Å². The van der Waals surface area contributed by atoms with Gasteiger partial charge in [0.25, 0.3) is 11.8 Å². The molecule has 1 aliphatic rings. The monoisotopic (exact) mass is 544 g/mol. The van der Waals surface area contributed by atoms with Crippen molar-refractivity contribution in [1.29, 1.82) is 5.26 Å². The molecular formula is C33H28N4O4. The van der Waals surface area contributed by atoms with Crippen LogP contribution in [0.1, 0.15) is 18.1 Å². The van der Waals surface area contributed by atoms with Crippen LogP contribution in [0.5, 0.6) is 11.5 Å². The predicted octanol–water partition coefficient (Wildman–Crippen LogP) is 5.39. The fraction of sp³-hybridized carbons (Fsp3) is 0.152. The molecule has 0 unspecified atom stereocenters. The minimum atomic E-state index is -0.601. The second-order valence-electron chi connectivity index (χ2n) is 9.45. The minimum Gasteiger partial charge on any atom is -0.493 e. The Morgan fingerprint density at radius 3 is 2.24 bits per heavy atom. The zero-order valence-corrected chi connectivity index (χ0v) is 23.0. The Morgan fingerprint density at radius 1 is 0.902 bits per heavy atom. The lowest BCUT2D eigenvalue weighted by Crippen LogP contribution is -2.43. The second-order valence-corrected chi connectivity index (χ2v) is 9.45. The molecule has 0 spiro atoms. The average Bonchev–Trinajstić information content (AvgIpc) is 3.44. The summed E-state index contributed by atoms with van der Waals surface area (Å²) in [6.07, 6.45) is 3.95. The third-order valence-corrected chi connectivity index (χ3v) is 7.01. The Bertz CT molecular complexity index is 1710. The molecule has 41 heavy (non-hydrogen) atoms. The van der Waals surface area contributed by atoms with Gasteiger partial charge in [0.2, 0.25) is 0 Å². The van der Waals surface area contributed by atoms with Gasteiger partial charge in [-0.1, -0.05) is 54.6 Å². The average molecular weight is 545 g/mol. The molecule has 0 atom stereocenters. The molecule has 8 heteroatoms. The fourth-order valence-corrected chi connectivity index (χ4v) is 4.79. The van der Waals surface area contributed by atoms with Gasteiger partial charge in [0.15, 0.2) is 11.5 Å². The van der Waals surface area contributed by atoms with Gasteiger partial charge in [-0.3, -0.25) is 14.5 Å². The summed E-state index contributed by atoms with van der Waals surface area (Å²) >= 11 is 0. The summed E-state index contributed by atoms with van der Waals surface area (Å²) in [7, 11) is 3.11. The highest BCUT2D eigenvalue weighted by atomic mass is 16.5. The van der Waals surface area contributed by atoms with Crippen molar-refractivity contribution in [2.24, 2.45) is 0 Å². The van der Waals surface area contributed by atoms with E-state index < -0.39 is 11.8 Å². The number of hydrogen-bond donors (Lipinski definition) is 0. The number of para-hydroxylation sites is 1. The van der Waals surface area contributed by atoms with Crippen LogP contribution >= 0.6 is 0 Å². The van der Waals surface area contributed by atoms with Gasteiger partial charge in [0, 0.05) is 29.4 Å². The molecule has 0 saturated carbocycles. The molecule has 0 aliphatic carbocycles. The molecule has 3 aromatic carbocycles. The Balaban J connectivity index is 1.54. The number of methoxy groups -OCH3 is 2. The summed E-state index contributed by atoms with van der Waals surface area (Å²) in [4.78, 5) is 28.2. The molecule has 204 valence electrons. The first-order valence-corrected chi connectivity index (χ1v) is 13.1. The molecule has 1 aliphatic heterocycles. The lowest BCUT2D eigenvalue weighted by Gasteiger charge is -2.27. The molecule has 0 radical (unpaired) electrons. The summed E-state index contributed by atoms with van der Waals surface area (Å²) in [6, 6.07) is 26.8. The molecule has 0 N–H and O–H groups in total. The van der Waals surface area contributed by atoms with Crippen molar-refractivity contribution < 1.29 is 19.1 Å². The van der Waals surface area contributed by atoms with Crippen molar-refractivity contribution in [2.45, 2.75) is 13.3 Å². The first kappa shape index (κ1) is 27.2. The van der Waals surface area contributed by atoms with E-state index in [-0.39, 0.29) is 17.7 Å². The maximum atomic E-state index is 13.8. The highest BCUT2D eigenvalue weighted by molar-refractivity contribution is 6.19. The predicted molar refractivity (Wildman–Crippen MR) is 155 cm³/mol. The Labute approximate surface area is 238 Å². The maximum Gasteiger partial charge on any atom is 0.271 e. The molecule has 0 fully saturated rings. The molecule has 0 saturated heterocycles. The summed E-state index contributed by atoms with van der Waals surface area (Å²) in [5, 5.41) is 14.7. The highest BCUT2D eigenvalue weighted by Crippen LogP contribution is 2.32. The van der Waals surface area contributed by atoms with Crippen LogP contribution in [0.25, 0.3) is 23.0 Å². The van der Waals surface area contributed by atoms with Crippen LogP contribution < -0.4 is 9.47 Å². The van der Waals surface area contributed by atoms with E-state index in [4.69, 9.17) is 14.6 Å². The number of benzene rings is 3. The van der Waals surface area contributed by atoms with E-state index in [0.29, 0.717) is 34.8 Å². The zero-order chi connectivity index (χ0) is 28.9. The van der Waals surface area contributed by atoms with Crippen molar-refractivity contribution in [3.63, 3.8) is 0 Å². The first-order chi connectivity index (χ1) is 19.9. The SMILES string of the molecule is COc1ccc(CCN2C(=O)C(=Cc3cn(-c4ccccc4)nc3-c3ccccc3)C(C)=C(C#N)C2=O)cc1OC. The third-order valence-electron chi connectivity index (χ3n) is 7.01. The van der Waals surface area contributed by atoms with Gasteiger partial charge in [-0.2, -0.15) is 10.4 Å². The summed E-state index contributed by atoms with van der Waals surface area (Å²) in [5.41, 5.74) is 4.52. The summed E-state index contributed by atoms with van der Waals surface area (Å²) in [5.74, 6) is 0.0794. The Kier molecular flexibility index (Phi) is 7.79. The molecular weight excluding hydrogens is 516 g/mol. The van der Waals surface area contributed by atoms with Crippen molar-refractivity contribution >= 4 is 17.9 Å². The van der Waals surface area contributed by atoms with Gasteiger partial charge in [-0.05, 0) is 54.8 Å². The summed E-state index contributed by atoms with van der Waals surface area (Å²) < 4.78 is 12.4. The molecule has 1 aromatic heterocycles. The number of ether oxygens (including phenoxy) is 2. The standard InChI is InChI=1S/C33H28N4O4/c1-22-27(19-25-21-37(26-12-8-5-9-13-26)35-31(25)24-10-6-4-7-11-24)32(38)36(33(39)28(22)20-34)17-16-23-14-15-29(40-2)30(18-23)41-3/h4-15,18-19,21H,16-17H2,1-3H3. The summed E-state index contributed by atoms with van der Waals surface area (Å²) in [6.45, 7) is 1.73. The molecule has 4 aromatic rings. The van der Waals surface area contributed by atoms with Crippen molar-refractivity contribution in [2.75, 3.05) is 20.8 Å². The lowest BCUT2D eigenvalue weighted by molar-refractivity contribution is -0.140. The smallest absolute Gasteiger partial charge is 0.271 e. The second kappa shape index (κ2) is 11.8. The molecule has 0 bridgehead atoms. The number of aromatic nitrogens is 2. The quantitative estimate of drug-likeness (QED) is 0.218. The number of nitrogens with zero attached hydrogens (tertiary/aromatic N) is 4. The topological polar surface area (TPSA) is 97.5 Å². The fourth-order valence-electron chi connectivity index (χ4n) is 4.79. The number of amides is 2. The molecule has 2 amide bonds. The van der Waals surface area contributed by atoms with Gasteiger partial charge < -0.3 is 9.47 Å². The first-order valence-electron chi connectivity index (χ1n) is 13.1. The maximum absolute atomic E-state index is 13.8. The Hall–Kier alpha value is -5.42. The number of imide groups is 1. The number of carbonyl (C=O) groups is 2. The van der Waals surface area contributed by atoms with Gasteiger partial charge >= 0.3 is 0 Å². The largest absolute Gasteiger partial charge is 0.493 e. The van der Waals surface area contributed by atoms with Crippen molar-refractivity contribution in [3.05, 3.63) is 113 Å². The van der Waals surface area contributed by atoms with E-state index in [2.05, 4.69) is 0 Å². The minimum absolute atomic E-state index is 0.0557. The van der Waals surface area contributed by atoms with E-state index in [1.54, 1.807) is 38.0 Å². The zero-order valence-electron chi connectivity index (χ0n) is 23.0. The molecule has 8 nitrogen and oxygen atoms in total. The van der Waals surface area contributed by atoms with Crippen molar-refractivity contribution in [3.8, 4) is 34.5 Å². The number of hydrogen-bond acceptors (Lipinski definition) is 6. The number of carbonyl (C=O) groups excluding carboxylic acids is 2. The number of rotatable bonds is 8. The molecule has 5 rings (SSSR count). The van der Waals surface area contributed by atoms with E-state index in [1.807, 2.05) is 85.1 Å². The van der Waals surface area contributed by atoms with Crippen LogP contribution in [0.15, 0.2) is 102 Å². The van der Waals surface area contributed by atoms with E-state index in [9.17, 15) is 14.9 Å². The van der Waals surface area contributed by atoms with Gasteiger partial charge in [0.05, 0.1) is 25.6 Å². The number of nitriles is 1. The van der Waals surface area contributed by atoms with Gasteiger partial charge in [-0.25, -0.2) is 4.68 Å². The normalized spacial score (nSPS) is 14.4. The lowest BCUT2D eigenvalue weighted by atomic mass is 9.93. The van der Waals surface area contributed by atoms with E-state index in [0.717, 1.165) is 21.7 Å². The van der Waals surface area contributed by atoms with Crippen LogP contribution in [0.4, 0.5) is 0 Å². The third kappa shape index (κ3) is 5.38. The van der Waals surface area contributed by atoms with Crippen LogP contribution in [0.3, 0.4) is 0 Å².